The molecule has 0 atom stereocenters. The lowest BCUT2D eigenvalue weighted by atomic mass is 10.4. The fraction of sp³-hybridized carbons (Fsp3) is 0.250. The number of methoxy groups -OCH3 is 1. The van der Waals surface area contributed by atoms with E-state index in [1.165, 1.54) is 19.2 Å². The summed E-state index contributed by atoms with van der Waals surface area (Å²) >= 11 is 3.09. The van der Waals surface area contributed by atoms with Crippen LogP contribution < -0.4 is 4.74 Å². The number of alkyl halides is 3. The summed E-state index contributed by atoms with van der Waals surface area (Å²) in [6.45, 7) is 0. The molecular formula is C8H5BrF3N3O. The molecular weight excluding hydrogens is 291 g/mol. The summed E-state index contributed by atoms with van der Waals surface area (Å²) in [5.41, 5.74) is 0.0972. The van der Waals surface area contributed by atoms with Gasteiger partial charge in [-0.25, -0.2) is 9.50 Å². The van der Waals surface area contributed by atoms with Crippen LogP contribution in [-0.2, 0) is 6.18 Å². The second-order valence-electron chi connectivity index (χ2n) is 2.90. The molecule has 0 amide bonds. The highest BCUT2D eigenvalue weighted by atomic mass is 79.9. The molecule has 16 heavy (non-hydrogen) atoms. The van der Waals surface area contributed by atoms with Crippen molar-refractivity contribution in [3.63, 3.8) is 0 Å². The Labute approximate surface area is 96.2 Å². The molecule has 0 fully saturated rings. The normalized spacial score (nSPS) is 12.1. The average Bonchev–Trinajstić information content (AvgIpc) is 2.62. The van der Waals surface area contributed by atoms with Crippen molar-refractivity contribution in [2.45, 2.75) is 6.18 Å². The summed E-state index contributed by atoms with van der Waals surface area (Å²) in [6.07, 6.45) is -4.56. The zero-order chi connectivity index (χ0) is 11.9. The van der Waals surface area contributed by atoms with Gasteiger partial charge in [-0.05, 0) is 28.1 Å². The monoisotopic (exact) mass is 295 g/mol. The molecule has 0 unspecified atom stereocenters. The number of ether oxygens (including phenoxy) is 1. The number of nitrogens with zero attached hydrogens (tertiary/aromatic N) is 3. The number of hydrogen-bond acceptors (Lipinski definition) is 3. The maximum absolute atomic E-state index is 12.4. The van der Waals surface area contributed by atoms with Crippen molar-refractivity contribution < 1.29 is 17.9 Å². The van der Waals surface area contributed by atoms with Crippen molar-refractivity contribution in [3.8, 4) is 5.75 Å². The van der Waals surface area contributed by atoms with Gasteiger partial charge in [0.2, 0.25) is 0 Å². The topological polar surface area (TPSA) is 39.4 Å². The Kier molecular flexibility index (Phi) is 2.53. The molecule has 0 N–H and O–H groups in total. The number of aromatic nitrogens is 3. The van der Waals surface area contributed by atoms with E-state index in [1.54, 1.807) is 0 Å². The lowest BCUT2D eigenvalue weighted by Crippen LogP contribution is -2.07. The minimum atomic E-state index is -4.56. The summed E-state index contributed by atoms with van der Waals surface area (Å²) in [5, 5.41) is 3.35. The highest BCUT2D eigenvalue weighted by molar-refractivity contribution is 9.10. The zero-order valence-corrected chi connectivity index (χ0v) is 9.50. The highest BCUT2D eigenvalue weighted by Gasteiger charge is 2.36. The molecule has 2 aromatic heterocycles. The molecule has 0 aliphatic carbocycles. The van der Waals surface area contributed by atoms with Crippen LogP contribution in [0.1, 0.15) is 5.82 Å². The largest absolute Gasteiger partial charge is 0.494 e. The first-order valence-electron chi connectivity index (χ1n) is 4.10. The van der Waals surface area contributed by atoms with E-state index in [0.29, 0.717) is 5.75 Å². The van der Waals surface area contributed by atoms with E-state index in [4.69, 9.17) is 4.74 Å². The minimum Gasteiger partial charge on any atom is -0.494 e. The van der Waals surface area contributed by atoms with Crippen LogP contribution >= 0.6 is 15.9 Å². The fourth-order valence-corrected chi connectivity index (χ4v) is 1.73. The number of fused-ring (bicyclic) bond motifs is 1. The molecule has 8 heteroatoms. The van der Waals surface area contributed by atoms with Crippen molar-refractivity contribution in [3.05, 3.63) is 22.6 Å². The van der Waals surface area contributed by atoms with Crippen molar-refractivity contribution in [1.29, 1.82) is 0 Å². The molecule has 2 rings (SSSR count). The molecule has 0 bridgehead atoms. The van der Waals surface area contributed by atoms with Crippen molar-refractivity contribution in [2.75, 3.05) is 7.11 Å². The maximum atomic E-state index is 12.4. The number of pyridine rings is 1. The van der Waals surface area contributed by atoms with Gasteiger partial charge in [0, 0.05) is 0 Å². The molecule has 2 heterocycles. The van der Waals surface area contributed by atoms with E-state index >= 15 is 0 Å². The molecule has 0 aliphatic heterocycles. The van der Waals surface area contributed by atoms with Crippen LogP contribution in [0.4, 0.5) is 13.2 Å². The van der Waals surface area contributed by atoms with Gasteiger partial charge in [0.1, 0.15) is 0 Å². The van der Waals surface area contributed by atoms with Crippen LogP contribution in [-0.4, -0.2) is 21.7 Å². The van der Waals surface area contributed by atoms with E-state index in [1.807, 2.05) is 0 Å². The van der Waals surface area contributed by atoms with Crippen LogP contribution in [0.3, 0.4) is 0 Å². The molecule has 0 spiro atoms. The van der Waals surface area contributed by atoms with E-state index in [-0.39, 0.29) is 10.3 Å². The Morgan fingerprint density at radius 2 is 2.06 bits per heavy atom. The Hall–Kier alpha value is -1.31. The van der Waals surface area contributed by atoms with Crippen LogP contribution in [0.15, 0.2) is 16.7 Å². The summed E-state index contributed by atoms with van der Waals surface area (Å²) in [6, 6.07) is 2.90. The quantitative estimate of drug-likeness (QED) is 0.759. The molecule has 4 nitrogen and oxygen atoms in total. The summed E-state index contributed by atoms with van der Waals surface area (Å²) in [7, 11) is 1.41. The van der Waals surface area contributed by atoms with Crippen LogP contribution in [0.5, 0.6) is 5.75 Å². The van der Waals surface area contributed by atoms with Gasteiger partial charge in [-0.1, -0.05) is 0 Å². The second kappa shape index (κ2) is 3.62. The van der Waals surface area contributed by atoms with Gasteiger partial charge in [0.05, 0.1) is 7.11 Å². The van der Waals surface area contributed by atoms with Gasteiger partial charge < -0.3 is 4.74 Å². The van der Waals surface area contributed by atoms with Gasteiger partial charge in [-0.3, -0.25) is 0 Å². The van der Waals surface area contributed by atoms with Gasteiger partial charge in [0.25, 0.3) is 5.82 Å². The Bertz CT molecular complexity index is 537. The van der Waals surface area contributed by atoms with E-state index in [0.717, 1.165) is 4.52 Å². The molecule has 0 saturated carbocycles. The summed E-state index contributed by atoms with van der Waals surface area (Å²) in [5.74, 6) is -0.799. The summed E-state index contributed by atoms with van der Waals surface area (Å²) in [4.78, 5) is 3.36. The smallest absolute Gasteiger partial charge is 0.453 e. The standard InChI is InChI=1S/C8H5BrF3N3O/c1-16-4-2-3-5-13-7(8(10,11)12)14-15(5)6(4)9/h2-3H,1H3. The third kappa shape index (κ3) is 1.73. The highest BCUT2D eigenvalue weighted by Crippen LogP contribution is 2.29. The molecule has 86 valence electrons. The zero-order valence-electron chi connectivity index (χ0n) is 7.92. The summed E-state index contributed by atoms with van der Waals surface area (Å²) < 4.78 is 43.3. The first-order valence-corrected chi connectivity index (χ1v) is 4.89. The Morgan fingerprint density at radius 1 is 1.38 bits per heavy atom. The Balaban J connectivity index is 2.67. The number of hydrogen-bond donors (Lipinski definition) is 0. The molecule has 0 radical (unpaired) electrons. The second-order valence-corrected chi connectivity index (χ2v) is 3.65. The molecule has 0 saturated heterocycles. The van der Waals surface area contributed by atoms with E-state index in [9.17, 15) is 13.2 Å². The molecule has 0 aromatic carbocycles. The Morgan fingerprint density at radius 3 is 2.62 bits per heavy atom. The predicted octanol–water partition coefficient (Wildman–Crippen LogP) is 2.52. The van der Waals surface area contributed by atoms with Crippen molar-refractivity contribution >= 4 is 21.6 Å². The van der Waals surface area contributed by atoms with Crippen LogP contribution in [0.25, 0.3) is 5.65 Å². The van der Waals surface area contributed by atoms with Crippen molar-refractivity contribution in [2.24, 2.45) is 0 Å². The third-order valence-electron chi connectivity index (χ3n) is 1.88. The van der Waals surface area contributed by atoms with Crippen LogP contribution in [0, 0.1) is 0 Å². The van der Waals surface area contributed by atoms with Gasteiger partial charge in [-0.2, -0.15) is 13.2 Å². The SMILES string of the molecule is COc1ccc2nc(C(F)(F)F)nn2c1Br. The third-order valence-corrected chi connectivity index (χ3v) is 2.61. The lowest BCUT2D eigenvalue weighted by molar-refractivity contribution is -0.144. The molecule has 2 aromatic rings. The maximum Gasteiger partial charge on any atom is 0.453 e. The van der Waals surface area contributed by atoms with Crippen molar-refractivity contribution in [1.82, 2.24) is 14.6 Å². The van der Waals surface area contributed by atoms with E-state index in [2.05, 4.69) is 26.0 Å². The van der Waals surface area contributed by atoms with Gasteiger partial charge in [-0.15, -0.1) is 5.10 Å². The lowest BCUT2D eigenvalue weighted by Gasteiger charge is -2.02. The van der Waals surface area contributed by atoms with Gasteiger partial charge >= 0.3 is 6.18 Å². The fourth-order valence-electron chi connectivity index (χ4n) is 1.17. The minimum absolute atomic E-state index is 0.0972. The predicted molar refractivity (Wildman–Crippen MR) is 52.2 cm³/mol. The molecule has 0 aliphatic rings. The van der Waals surface area contributed by atoms with Gasteiger partial charge in [0.15, 0.2) is 16.0 Å². The number of halogens is 4. The first kappa shape index (κ1) is 11.2. The number of rotatable bonds is 1. The van der Waals surface area contributed by atoms with E-state index < -0.39 is 12.0 Å². The average molecular weight is 296 g/mol. The van der Waals surface area contributed by atoms with Crippen LogP contribution in [0.2, 0.25) is 0 Å². The first-order chi connectivity index (χ1) is 7.43.